The van der Waals surface area contributed by atoms with Gasteiger partial charge in [-0.3, -0.25) is 0 Å². The Kier molecular flexibility index (Phi) is 7.33. The van der Waals surface area contributed by atoms with Crippen LogP contribution >= 0.6 is 0 Å². The van der Waals surface area contributed by atoms with E-state index in [2.05, 4.69) is 23.5 Å². The maximum absolute atomic E-state index is 9.31. The Bertz CT molecular complexity index is 2070. The number of fused-ring (bicyclic) bond motifs is 1. The van der Waals surface area contributed by atoms with Gasteiger partial charge in [-0.25, -0.2) is 15.0 Å². The predicted molar refractivity (Wildman–Crippen MR) is 180 cm³/mol. The molecule has 0 atom stereocenters. The molecule has 0 spiro atoms. The number of allylic oxidation sites excluding steroid dienone is 1. The van der Waals surface area contributed by atoms with Crippen LogP contribution in [0.15, 0.2) is 140 Å². The third-order valence-corrected chi connectivity index (χ3v) is 7.57. The lowest BCUT2D eigenvalue weighted by atomic mass is 9.93. The highest BCUT2D eigenvalue weighted by Crippen LogP contribution is 2.34. The summed E-state index contributed by atoms with van der Waals surface area (Å²) in [5, 5.41) is 21.7. The van der Waals surface area contributed by atoms with Crippen molar-refractivity contribution in [2.24, 2.45) is 0 Å². The zero-order valence-corrected chi connectivity index (χ0v) is 24.1. The average Bonchev–Trinajstić information content (AvgIpc) is 3.12. The normalized spacial score (nSPS) is 12.9. The fourth-order valence-electron chi connectivity index (χ4n) is 5.25. The van der Waals surface area contributed by atoms with E-state index in [1.807, 2.05) is 121 Å². The summed E-state index contributed by atoms with van der Waals surface area (Å²) < 4.78 is 0. The largest absolute Gasteiger partial charge is 0.354 e. The van der Waals surface area contributed by atoms with Crippen LogP contribution in [-0.2, 0) is 0 Å². The number of nitrogens with zero attached hydrogens (tertiary/aromatic N) is 4. The SMILES string of the molecule is N#Cc1ccc(C2=Cc3cc(-c4nc(-c5ccccc5)nc(-c5ccccc5)n4)ccc3/C(=C/C(=N)c3ccccc3)N2)cc1. The van der Waals surface area contributed by atoms with E-state index in [0.29, 0.717) is 28.7 Å². The Labute approximate surface area is 261 Å². The van der Waals surface area contributed by atoms with Gasteiger partial charge in [0, 0.05) is 33.6 Å². The lowest BCUT2D eigenvalue weighted by Crippen LogP contribution is -2.17. The highest BCUT2D eigenvalue weighted by atomic mass is 15.0. The second-order valence-electron chi connectivity index (χ2n) is 10.6. The number of benzene rings is 5. The first-order valence-electron chi connectivity index (χ1n) is 14.5. The van der Waals surface area contributed by atoms with Crippen LogP contribution in [0.2, 0.25) is 0 Å². The van der Waals surface area contributed by atoms with Gasteiger partial charge in [0.2, 0.25) is 0 Å². The van der Waals surface area contributed by atoms with E-state index in [4.69, 9.17) is 20.4 Å². The Morgan fingerprint density at radius 2 is 1.16 bits per heavy atom. The minimum Gasteiger partial charge on any atom is -0.354 e. The molecule has 1 aliphatic heterocycles. The number of hydrogen-bond donors (Lipinski definition) is 2. The van der Waals surface area contributed by atoms with Gasteiger partial charge < -0.3 is 10.7 Å². The molecule has 0 saturated carbocycles. The summed E-state index contributed by atoms with van der Waals surface area (Å²) in [7, 11) is 0. The molecule has 0 fully saturated rings. The predicted octanol–water partition coefficient (Wildman–Crippen LogP) is 8.25. The van der Waals surface area contributed by atoms with Crippen LogP contribution in [0.3, 0.4) is 0 Å². The molecule has 2 N–H and O–H groups in total. The summed E-state index contributed by atoms with van der Waals surface area (Å²) in [6.07, 6.45) is 3.94. The van der Waals surface area contributed by atoms with Crippen LogP contribution in [0.5, 0.6) is 0 Å². The Hall–Kier alpha value is -6.45. The van der Waals surface area contributed by atoms with Gasteiger partial charge in [-0.2, -0.15) is 5.26 Å². The van der Waals surface area contributed by atoms with Crippen molar-refractivity contribution in [2.45, 2.75) is 0 Å². The molecule has 7 rings (SSSR count). The third-order valence-electron chi connectivity index (χ3n) is 7.57. The second kappa shape index (κ2) is 12.0. The molecule has 6 nitrogen and oxygen atoms in total. The average molecular weight is 579 g/mol. The molecule has 0 saturated heterocycles. The molecular formula is C39H26N6. The van der Waals surface area contributed by atoms with E-state index in [-0.39, 0.29) is 0 Å². The van der Waals surface area contributed by atoms with E-state index in [1.54, 1.807) is 12.1 Å². The van der Waals surface area contributed by atoms with Crippen molar-refractivity contribution in [2.75, 3.05) is 0 Å². The molecule has 1 aromatic heterocycles. The van der Waals surface area contributed by atoms with Gasteiger partial charge in [-0.1, -0.05) is 115 Å². The molecule has 1 aliphatic rings. The van der Waals surface area contributed by atoms with Gasteiger partial charge in [0.25, 0.3) is 0 Å². The van der Waals surface area contributed by atoms with Crippen LogP contribution in [0.1, 0.15) is 27.8 Å². The lowest BCUT2D eigenvalue weighted by Gasteiger charge is -2.23. The molecule has 212 valence electrons. The summed E-state index contributed by atoms with van der Waals surface area (Å²) in [4.78, 5) is 14.7. The molecule has 5 aromatic carbocycles. The van der Waals surface area contributed by atoms with E-state index >= 15 is 0 Å². The van der Waals surface area contributed by atoms with Crippen LogP contribution in [0.4, 0.5) is 0 Å². The van der Waals surface area contributed by atoms with Crippen LogP contribution < -0.4 is 5.32 Å². The van der Waals surface area contributed by atoms with Crippen molar-refractivity contribution in [3.8, 4) is 40.2 Å². The molecule has 0 radical (unpaired) electrons. The molecule has 6 aromatic rings. The minimum absolute atomic E-state index is 0.395. The number of hydrogen-bond acceptors (Lipinski definition) is 6. The quantitative estimate of drug-likeness (QED) is 0.194. The smallest absolute Gasteiger partial charge is 0.164 e. The van der Waals surface area contributed by atoms with E-state index in [1.165, 1.54) is 0 Å². The number of nitrogens with one attached hydrogen (secondary N) is 2. The van der Waals surface area contributed by atoms with Crippen molar-refractivity contribution in [1.82, 2.24) is 20.3 Å². The van der Waals surface area contributed by atoms with Gasteiger partial charge in [-0.05, 0) is 47.0 Å². The molecular weight excluding hydrogens is 552 g/mol. The van der Waals surface area contributed by atoms with Crippen molar-refractivity contribution >= 4 is 23.2 Å². The maximum Gasteiger partial charge on any atom is 0.164 e. The molecule has 0 unspecified atom stereocenters. The van der Waals surface area contributed by atoms with Crippen LogP contribution in [0.25, 0.3) is 51.6 Å². The van der Waals surface area contributed by atoms with Gasteiger partial charge in [0.15, 0.2) is 17.5 Å². The highest BCUT2D eigenvalue weighted by Gasteiger charge is 2.19. The summed E-state index contributed by atoms with van der Waals surface area (Å²) in [5.74, 6) is 1.77. The number of aromatic nitrogens is 3. The van der Waals surface area contributed by atoms with E-state index < -0.39 is 0 Å². The Morgan fingerprint density at radius 3 is 1.73 bits per heavy atom. The van der Waals surface area contributed by atoms with Crippen molar-refractivity contribution in [3.05, 3.63) is 167 Å². The molecule has 0 amide bonds. The molecule has 0 aliphatic carbocycles. The fourth-order valence-corrected chi connectivity index (χ4v) is 5.25. The molecule has 45 heavy (non-hydrogen) atoms. The van der Waals surface area contributed by atoms with Gasteiger partial charge >= 0.3 is 0 Å². The molecule has 2 heterocycles. The van der Waals surface area contributed by atoms with Crippen molar-refractivity contribution in [3.63, 3.8) is 0 Å². The lowest BCUT2D eigenvalue weighted by molar-refractivity contribution is 1.07. The summed E-state index contributed by atoms with van der Waals surface area (Å²) in [6.45, 7) is 0. The maximum atomic E-state index is 9.31. The standard InChI is InChI=1S/C39H26N6/c40-25-26-16-18-28(19-17-26)35-23-32-22-31(20-21-33(32)36(42-35)24-34(41)27-10-4-1-5-11-27)39-44-37(29-12-6-2-7-13-29)43-38(45-39)30-14-8-3-9-15-30/h1-24,41-42H/b36-24-,41-34?. The monoisotopic (exact) mass is 578 g/mol. The van der Waals surface area contributed by atoms with Crippen molar-refractivity contribution < 1.29 is 0 Å². The molecule has 6 heteroatoms. The topological polar surface area (TPSA) is 98.3 Å². The van der Waals surface area contributed by atoms with Crippen LogP contribution in [0, 0.1) is 16.7 Å². The van der Waals surface area contributed by atoms with Crippen molar-refractivity contribution in [1.29, 1.82) is 10.7 Å². The zero-order chi connectivity index (χ0) is 30.6. The Balaban J connectivity index is 1.37. The highest BCUT2D eigenvalue weighted by molar-refractivity contribution is 6.12. The Morgan fingerprint density at radius 1 is 0.622 bits per heavy atom. The second-order valence-corrected chi connectivity index (χ2v) is 10.6. The number of nitriles is 1. The molecule has 0 bridgehead atoms. The summed E-state index contributed by atoms with van der Waals surface area (Å²) in [5.41, 5.74) is 9.00. The summed E-state index contributed by atoms with van der Waals surface area (Å²) >= 11 is 0. The first kappa shape index (κ1) is 27.4. The minimum atomic E-state index is 0.395. The third kappa shape index (κ3) is 5.79. The zero-order valence-electron chi connectivity index (χ0n) is 24.1. The van der Waals surface area contributed by atoms with E-state index in [9.17, 15) is 5.26 Å². The van der Waals surface area contributed by atoms with E-state index in [0.717, 1.165) is 50.3 Å². The summed E-state index contributed by atoms with van der Waals surface area (Å²) in [6, 6.07) is 45.3. The van der Waals surface area contributed by atoms with Gasteiger partial charge in [0.05, 0.1) is 17.3 Å². The number of rotatable bonds is 6. The van der Waals surface area contributed by atoms with Gasteiger partial charge in [-0.15, -0.1) is 0 Å². The fraction of sp³-hybridized carbons (Fsp3) is 0. The van der Waals surface area contributed by atoms with Crippen LogP contribution in [-0.4, -0.2) is 20.7 Å². The first-order chi connectivity index (χ1) is 22.1. The first-order valence-corrected chi connectivity index (χ1v) is 14.5. The van der Waals surface area contributed by atoms with Gasteiger partial charge in [0.1, 0.15) is 0 Å².